The number of hydrogen-bond donors (Lipinski definition) is 1. The molecule has 0 bridgehead atoms. The molecule has 0 atom stereocenters. The van der Waals surface area contributed by atoms with Gasteiger partial charge in [0.1, 0.15) is 23.6 Å². The molecule has 2 aromatic heterocycles. The zero-order valence-corrected chi connectivity index (χ0v) is 16.5. The average Bonchev–Trinajstić information content (AvgIpc) is 3.38. The molecular weight excluding hydrogens is 389 g/mol. The van der Waals surface area contributed by atoms with Gasteiger partial charge in [-0.25, -0.2) is 9.37 Å². The van der Waals surface area contributed by atoms with Crippen molar-refractivity contribution in [2.45, 2.75) is 13.2 Å². The lowest BCUT2D eigenvalue weighted by Gasteiger charge is -2.14. The van der Waals surface area contributed by atoms with Gasteiger partial charge in [0.25, 0.3) is 5.91 Å². The Morgan fingerprint density at radius 2 is 1.93 bits per heavy atom. The van der Waals surface area contributed by atoms with Crippen LogP contribution in [0.25, 0.3) is 10.9 Å². The van der Waals surface area contributed by atoms with Crippen LogP contribution in [-0.2, 0) is 13.2 Å². The first-order valence-corrected chi connectivity index (χ1v) is 9.25. The summed E-state index contributed by atoms with van der Waals surface area (Å²) in [6.45, 7) is 0.413. The average molecular weight is 409 g/mol. The summed E-state index contributed by atoms with van der Waals surface area (Å²) in [5.41, 5.74) is 1.79. The highest BCUT2D eigenvalue weighted by Gasteiger charge is 2.18. The van der Waals surface area contributed by atoms with Crippen LogP contribution in [0.2, 0.25) is 0 Å². The number of fused-ring (bicyclic) bond motifs is 1. The normalized spacial score (nSPS) is 10.9. The molecule has 4 aromatic rings. The number of aromatic amines is 1. The lowest BCUT2D eigenvalue weighted by Crippen LogP contribution is -2.26. The Labute approximate surface area is 172 Å². The van der Waals surface area contributed by atoms with Gasteiger partial charge in [-0.1, -0.05) is 0 Å². The molecule has 0 unspecified atom stereocenters. The molecule has 1 amide bonds. The zero-order chi connectivity index (χ0) is 21.1. The van der Waals surface area contributed by atoms with Gasteiger partial charge in [-0.2, -0.15) is 0 Å². The number of oxazole rings is 1. The van der Waals surface area contributed by atoms with Crippen molar-refractivity contribution in [3.8, 4) is 11.5 Å². The number of halogens is 1. The summed E-state index contributed by atoms with van der Waals surface area (Å²) < 4.78 is 29.4. The van der Waals surface area contributed by atoms with E-state index < -0.39 is 0 Å². The highest BCUT2D eigenvalue weighted by atomic mass is 19.1. The van der Waals surface area contributed by atoms with Crippen LogP contribution in [0.3, 0.4) is 0 Å². The molecule has 1 N–H and O–H groups in total. The number of nitrogens with zero attached hydrogens (tertiary/aromatic N) is 2. The lowest BCUT2D eigenvalue weighted by atomic mass is 10.2. The van der Waals surface area contributed by atoms with Crippen LogP contribution in [0.4, 0.5) is 4.39 Å². The molecule has 0 spiro atoms. The fraction of sp³-hybridized carbons (Fsp3) is 0.182. The Morgan fingerprint density at radius 3 is 2.70 bits per heavy atom. The number of nitrogens with one attached hydrogen (secondary N) is 1. The van der Waals surface area contributed by atoms with Crippen LogP contribution in [0.1, 0.15) is 22.1 Å². The monoisotopic (exact) mass is 409 g/mol. The van der Waals surface area contributed by atoms with E-state index in [1.807, 2.05) is 6.07 Å². The van der Waals surface area contributed by atoms with Crippen LogP contribution in [0.5, 0.6) is 11.5 Å². The van der Waals surface area contributed by atoms with E-state index in [1.165, 1.54) is 23.3 Å². The van der Waals surface area contributed by atoms with E-state index in [0.717, 1.165) is 22.3 Å². The summed E-state index contributed by atoms with van der Waals surface area (Å²) in [7, 11) is 3.26. The molecule has 154 valence electrons. The third-order valence-electron chi connectivity index (χ3n) is 4.59. The van der Waals surface area contributed by atoms with Crippen molar-refractivity contribution < 1.29 is 23.1 Å². The predicted molar refractivity (Wildman–Crippen MR) is 108 cm³/mol. The van der Waals surface area contributed by atoms with Crippen LogP contribution in [-0.4, -0.2) is 34.9 Å². The number of amides is 1. The second-order valence-electron chi connectivity index (χ2n) is 6.78. The van der Waals surface area contributed by atoms with Crippen molar-refractivity contribution in [2.24, 2.45) is 0 Å². The van der Waals surface area contributed by atoms with Crippen molar-refractivity contribution in [3.05, 3.63) is 77.9 Å². The molecule has 0 aliphatic rings. The first-order chi connectivity index (χ1) is 14.5. The number of carbonyl (C=O) groups is 1. The van der Waals surface area contributed by atoms with E-state index in [2.05, 4.69) is 9.97 Å². The van der Waals surface area contributed by atoms with Crippen molar-refractivity contribution in [1.82, 2.24) is 14.9 Å². The first-order valence-electron chi connectivity index (χ1n) is 9.25. The summed E-state index contributed by atoms with van der Waals surface area (Å²) in [6.07, 6.45) is 1.31. The van der Waals surface area contributed by atoms with Gasteiger partial charge in [0.2, 0.25) is 5.89 Å². The molecule has 7 nitrogen and oxygen atoms in total. The minimum Gasteiger partial charge on any atom is -0.497 e. The summed E-state index contributed by atoms with van der Waals surface area (Å²) in [4.78, 5) is 21.5. The van der Waals surface area contributed by atoms with E-state index in [4.69, 9.17) is 13.9 Å². The van der Waals surface area contributed by atoms with Gasteiger partial charge in [0.05, 0.1) is 13.7 Å². The number of carbonyl (C=O) groups excluding carboxylic acids is 1. The first kappa shape index (κ1) is 19.5. The second-order valence-corrected chi connectivity index (χ2v) is 6.78. The number of aromatic nitrogens is 2. The Balaban J connectivity index is 1.37. The minimum absolute atomic E-state index is 0.0942. The number of benzene rings is 2. The van der Waals surface area contributed by atoms with E-state index in [0.29, 0.717) is 18.2 Å². The smallest absolute Gasteiger partial charge is 0.275 e. The molecule has 0 radical (unpaired) electrons. The third-order valence-corrected chi connectivity index (χ3v) is 4.59. The molecule has 0 aliphatic carbocycles. The maximum absolute atomic E-state index is 13.4. The molecule has 0 fully saturated rings. The predicted octanol–water partition coefficient (Wildman–Crippen LogP) is 4.15. The molecule has 0 saturated heterocycles. The molecule has 4 rings (SSSR count). The molecule has 2 aromatic carbocycles. The largest absolute Gasteiger partial charge is 0.497 e. The standard InChI is InChI=1S/C22H20FN3O4/c1-26(11-16-10-14-9-15(23)3-8-19(14)24-16)22(27)20-12-30-21(25-20)13-29-18-6-4-17(28-2)5-7-18/h3-10,12,24H,11,13H2,1-2H3. The maximum Gasteiger partial charge on any atom is 0.275 e. The van der Waals surface area contributed by atoms with Gasteiger partial charge in [-0.05, 0) is 48.5 Å². The Morgan fingerprint density at radius 1 is 1.17 bits per heavy atom. The van der Waals surface area contributed by atoms with E-state index in [-0.39, 0.29) is 24.0 Å². The Bertz CT molecular complexity index is 1170. The molecular formula is C22H20FN3O4. The Kier molecular flexibility index (Phi) is 5.38. The SMILES string of the molecule is COc1ccc(OCc2nc(C(=O)N(C)Cc3cc4cc(F)ccc4[nH]3)co2)cc1. The second kappa shape index (κ2) is 8.28. The number of hydrogen-bond acceptors (Lipinski definition) is 5. The van der Waals surface area contributed by atoms with Gasteiger partial charge < -0.3 is 23.8 Å². The maximum atomic E-state index is 13.4. The van der Waals surface area contributed by atoms with E-state index >= 15 is 0 Å². The summed E-state index contributed by atoms with van der Waals surface area (Å²) in [5, 5.41) is 0.755. The highest BCUT2D eigenvalue weighted by Crippen LogP contribution is 2.19. The summed E-state index contributed by atoms with van der Waals surface area (Å²) in [6, 6.07) is 13.4. The van der Waals surface area contributed by atoms with Crippen LogP contribution in [0, 0.1) is 5.82 Å². The van der Waals surface area contributed by atoms with E-state index in [1.54, 1.807) is 44.5 Å². The third kappa shape index (κ3) is 4.27. The number of rotatable bonds is 7. The van der Waals surface area contributed by atoms with Crippen LogP contribution < -0.4 is 9.47 Å². The molecule has 0 saturated carbocycles. The van der Waals surface area contributed by atoms with E-state index in [9.17, 15) is 9.18 Å². The van der Waals surface area contributed by atoms with Crippen molar-refractivity contribution in [1.29, 1.82) is 0 Å². The van der Waals surface area contributed by atoms with Gasteiger partial charge in [0.15, 0.2) is 12.3 Å². The van der Waals surface area contributed by atoms with Gasteiger partial charge in [-0.15, -0.1) is 0 Å². The summed E-state index contributed by atoms with van der Waals surface area (Å²) in [5.74, 6) is 1.07. The lowest BCUT2D eigenvalue weighted by molar-refractivity contribution is 0.0777. The van der Waals surface area contributed by atoms with Gasteiger partial charge >= 0.3 is 0 Å². The zero-order valence-electron chi connectivity index (χ0n) is 16.5. The quantitative estimate of drug-likeness (QED) is 0.496. The summed E-state index contributed by atoms with van der Waals surface area (Å²) >= 11 is 0. The molecule has 8 heteroatoms. The minimum atomic E-state index is -0.301. The van der Waals surface area contributed by atoms with Crippen LogP contribution >= 0.6 is 0 Å². The number of ether oxygens (including phenoxy) is 2. The van der Waals surface area contributed by atoms with Gasteiger partial charge in [-0.3, -0.25) is 4.79 Å². The number of methoxy groups -OCH3 is 1. The number of H-pyrrole nitrogens is 1. The van der Waals surface area contributed by atoms with Crippen molar-refractivity contribution in [3.63, 3.8) is 0 Å². The highest BCUT2D eigenvalue weighted by molar-refractivity contribution is 5.91. The topological polar surface area (TPSA) is 80.6 Å². The van der Waals surface area contributed by atoms with Crippen molar-refractivity contribution in [2.75, 3.05) is 14.2 Å². The molecule has 2 heterocycles. The van der Waals surface area contributed by atoms with Gasteiger partial charge in [0, 0.05) is 23.6 Å². The van der Waals surface area contributed by atoms with Crippen LogP contribution in [0.15, 0.2) is 59.2 Å². The molecule has 30 heavy (non-hydrogen) atoms. The molecule has 0 aliphatic heterocycles. The fourth-order valence-corrected chi connectivity index (χ4v) is 3.06. The Hall–Kier alpha value is -3.81. The van der Waals surface area contributed by atoms with Crippen molar-refractivity contribution >= 4 is 16.8 Å². The fourth-order valence-electron chi connectivity index (χ4n) is 3.06.